The highest BCUT2D eigenvalue weighted by Crippen LogP contribution is 2.22. The fraction of sp³-hybridized carbons (Fsp3) is 0.667. The van der Waals surface area contributed by atoms with Crippen LogP contribution in [-0.2, 0) is 14.3 Å². The number of carbonyl (C=O) groups excluding carboxylic acids is 1. The Morgan fingerprint density at radius 3 is 3.08 bits per heavy atom. The van der Waals surface area contributed by atoms with E-state index in [-0.39, 0.29) is 5.97 Å². The number of esters is 1. The van der Waals surface area contributed by atoms with Crippen molar-refractivity contribution in [2.45, 2.75) is 19.4 Å². The van der Waals surface area contributed by atoms with E-state index in [2.05, 4.69) is 13.5 Å². The summed E-state index contributed by atoms with van der Waals surface area (Å²) in [6.45, 7) is 6.73. The minimum absolute atomic E-state index is 0.348. The Labute approximate surface area is 72.4 Å². The van der Waals surface area contributed by atoms with Crippen molar-refractivity contribution in [3.8, 4) is 0 Å². The molecule has 1 fully saturated rings. The monoisotopic (exact) mass is 170 g/mol. The zero-order valence-electron chi connectivity index (χ0n) is 7.29. The van der Waals surface area contributed by atoms with Crippen LogP contribution in [0, 0.1) is 5.92 Å². The van der Waals surface area contributed by atoms with Crippen molar-refractivity contribution in [2.75, 3.05) is 13.2 Å². The van der Waals surface area contributed by atoms with Crippen molar-refractivity contribution < 1.29 is 14.3 Å². The Hall–Kier alpha value is -0.830. The average Bonchev–Trinajstić information content (AvgIpc) is 2.86. The number of epoxide rings is 1. The molecule has 0 bridgehead atoms. The molecule has 0 amide bonds. The molecule has 1 saturated heterocycles. The van der Waals surface area contributed by atoms with Gasteiger partial charge in [0.2, 0.25) is 0 Å². The van der Waals surface area contributed by atoms with Gasteiger partial charge in [-0.1, -0.05) is 13.5 Å². The second kappa shape index (κ2) is 4.26. The molecule has 0 saturated carbocycles. The van der Waals surface area contributed by atoms with Crippen molar-refractivity contribution in [2.24, 2.45) is 5.92 Å². The third kappa shape index (κ3) is 3.05. The van der Waals surface area contributed by atoms with E-state index < -0.39 is 0 Å². The molecule has 2 atom stereocenters. The van der Waals surface area contributed by atoms with E-state index in [0.29, 0.717) is 18.6 Å². The van der Waals surface area contributed by atoms with Gasteiger partial charge >= 0.3 is 5.97 Å². The molecule has 1 heterocycles. The largest absolute Gasteiger partial charge is 0.463 e. The van der Waals surface area contributed by atoms with Gasteiger partial charge in [-0.3, -0.25) is 0 Å². The van der Waals surface area contributed by atoms with Crippen molar-refractivity contribution in [3.63, 3.8) is 0 Å². The molecule has 0 aromatic carbocycles. The van der Waals surface area contributed by atoms with Crippen LogP contribution in [0.1, 0.15) is 13.3 Å². The Balaban J connectivity index is 2.00. The molecule has 1 aliphatic heterocycles. The summed E-state index contributed by atoms with van der Waals surface area (Å²) in [5.41, 5.74) is 0. The average molecular weight is 170 g/mol. The van der Waals surface area contributed by atoms with Gasteiger partial charge in [0.1, 0.15) is 0 Å². The highest BCUT2D eigenvalue weighted by atomic mass is 16.6. The molecule has 12 heavy (non-hydrogen) atoms. The number of carbonyl (C=O) groups is 1. The van der Waals surface area contributed by atoms with Gasteiger partial charge in [-0.05, 0) is 12.3 Å². The molecular formula is C9H14O3. The minimum Gasteiger partial charge on any atom is -0.463 e. The standard InChI is InChI=1S/C9H14O3/c1-3-9(10)11-5-4-7(2)8-6-12-8/h3,7-8H,1,4-6H2,2H3. The lowest BCUT2D eigenvalue weighted by Crippen LogP contribution is -2.09. The van der Waals surface area contributed by atoms with E-state index in [0.717, 1.165) is 13.0 Å². The fourth-order valence-electron chi connectivity index (χ4n) is 0.974. The molecule has 0 aromatic rings. The summed E-state index contributed by atoms with van der Waals surface area (Å²) < 4.78 is 9.92. The lowest BCUT2D eigenvalue weighted by molar-refractivity contribution is -0.138. The molecule has 0 spiro atoms. The normalized spacial score (nSPS) is 22.9. The summed E-state index contributed by atoms with van der Waals surface area (Å²) in [7, 11) is 0. The molecule has 0 aromatic heterocycles. The van der Waals surface area contributed by atoms with Crippen LogP contribution in [-0.4, -0.2) is 25.3 Å². The Kier molecular flexibility index (Phi) is 3.29. The van der Waals surface area contributed by atoms with Gasteiger partial charge < -0.3 is 9.47 Å². The van der Waals surface area contributed by atoms with Crippen molar-refractivity contribution in [3.05, 3.63) is 12.7 Å². The lowest BCUT2D eigenvalue weighted by atomic mass is 10.1. The van der Waals surface area contributed by atoms with Crippen LogP contribution >= 0.6 is 0 Å². The highest BCUT2D eigenvalue weighted by molar-refractivity contribution is 5.81. The Morgan fingerprint density at radius 1 is 1.92 bits per heavy atom. The zero-order valence-corrected chi connectivity index (χ0v) is 7.29. The predicted molar refractivity (Wildman–Crippen MR) is 44.7 cm³/mol. The first kappa shape index (κ1) is 9.26. The first-order valence-corrected chi connectivity index (χ1v) is 4.15. The number of ether oxygens (including phenoxy) is 2. The number of hydrogen-bond acceptors (Lipinski definition) is 3. The van der Waals surface area contributed by atoms with Crippen LogP contribution in [0.15, 0.2) is 12.7 Å². The van der Waals surface area contributed by atoms with Gasteiger partial charge in [0.05, 0.1) is 19.3 Å². The topological polar surface area (TPSA) is 38.8 Å². The van der Waals surface area contributed by atoms with Gasteiger partial charge in [0.25, 0.3) is 0 Å². The maximum Gasteiger partial charge on any atom is 0.330 e. The third-order valence-corrected chi connectivity index (χ3v) is 1.98. The smallest absolute Gasteiger partial charge is 0.330 e. The van der Waals surface area contributed by atoms with Gasteiger partial charge in [-0.25, -0.2) is 4.79 Å². The van der Waals surface area contributed by atoms with Gasteiger partial charge in [0.15, 0.2) is 0 Å². The second-order valence-corrected chi connectivity index (χ2v) is 3.01. The van der Waals surface area contributed by atoms with Crippen LogP contribution in [0.2, 0.25) is 0 Å². The zero-order chi connectivity index (χ0) is 8.97. The summed E-state index contributed by atoms with van der Waals surface area (Å²) >= 11 is 0. The van der Waals surface area contributed by atoms with E-state index in [4.69, 9.17) is 9.47 Å². The molecule has 3 nitrogen and oxygen atoms in total. The molecular weight excluding hydrogens is 156 g/mol. The first-order valence-electron chi connectivity index (χ1n) is 4.15. The van der Waals surface area contributed by atoms with E-state index in [1.807, 2.05) is 0 Å². The van der Waals surface area contributed by atoms with Crippen LogP contribution < -0.4 is 0 Å². The molecule has 0 radical (unpaired) electrons. The van der Waals surface area contributed by atoms with E-state index in [9.17, 15) is 4.79 Å². The summed E-state index contributed by atoms with van der Waals surface area (Å²) in [6.07, 6.45) is 2.44. The molecule has 1 aliphatic rings. The summed E-state index contributed by atoms with van der Waals surface area (Å²) in [5, 5.41) is 0. The Bertz CT molecular complexity index is 173. The van der Waals surface area contributed by atoms with Gasteiger partial charge in [-0.2, -0.15) is 0 Å². The predicted octanol–water partition coefficient (Wildman–Crippen LogP) is 1.14. The van der Waals surface area contributed by atoms with Crippen LogP contribution in [0.25, 0.3) is 0 Å². The number of hydrogen-bond donors (Lipinski definition) is 0. The minimum atomic E-state index is -0.348. The molecule has 0 N–H and O–H groups in total. The molecule has 0 aliphatic carbocycles. The molecule has 1 rings (SSSR count). The highest BCUT2D eigenvalue weighted by Gasteiger charge is 2.28. The molecule has 2 unspecified atom stereocenters. The third-order valence-electron chi connectivity index (χ3n) is 1.98. The van der Waals surface area contributed by atoms with Crippen LogP contribution in [0.4, 0.5) is 0 Å². The number of rotatable bonds is 5. The quantitative estimate of drug-likeness (QED) is 0.353. The first-order chi connectivity index (χ1) is 5.74. The van der Waals surface area contributed by atoms with E-state index >= 15 is 0 Å². The Morgan fingerprint density at radius 2 is 2.58 bits per heavy atom. The van der Waals surface area contributed by atoms with Crippen molar-refractivity contribution >= 4 is 5.97 Å². The van der Waals surface area contributed by atoms with Crippen LogP contribution in [0.3, 0.4) is 0 Å². The summed E-state index contributed by atoms with van der Waals surface area (Å²) in [4.78, 5) is 10.6. The van der Waals surface area contributed by atoms with Gasteiger partial charge in [-0.15, -0.1) is 0 Å². The van der Waals surface area contributed by atoms with Crippen LogP contribution in [0.5, 0.6) is 0 Å². The summed E-state index contributed by atoms with van der Waals surface area (Å²) in [5.74, 6) is 0.140. The van der Waals surface area contributed by atoms with Gasteiger partial charge in [0, 0.05) is 6.08 Å². The maximum atomic E-state index is 10.6. The van der Waals surface area contributed by atoms with E-state index in [1.165, 1.54) is 6.08 Å². The second-order valence-electron chi connectivity index (χ2n) is 3.01. The SMILES string of the molecule is C=CC(=O)OCCC(C)C1CO1. The van der Waals surface area contributed by atoms with Crippen molar-refractivity contribution in [1.82, 2.24) is 0 Å². The molecule has 3 heteroatoms. The van der Waals surface area contributed by atoms with Crippen molar-refractivity contribution in [1.29, 1.82) is 0 Å². The summed E-state index contributed by atoms with van der Waals surface area (Å²) in [6, 6.07) is 0. The fourth-order valence-corrected chi connectivity index (χ4v) is 0.974. The maximum absolute atomic E-state index is 10.6. The molecule has 68 valence electrons. The lowest BCUT2D eigenvalue weighted by Gasteiger charge is -2.06. The van der Waals surface area contributed by atoms with E-state index in [1.54, 1.807) is 0 Å².